The van der Waals surface area contributed by atoms with Gasteiger partial charge in [0.1, 0.15) is 13.2 Å². The zero-order valence-electron chi connectivity index (χ0n) is 8.88. The summed E-state index contributed by atoms with van der Waals surface area (Å²) in [4.78, 5) is 15.7. The van der Waals surface area contributed by atoms with Gasteiger partial charge in [-0.2, -0.15) is 0 Å². The normalized spacial score (nSPS) is 13.4. The summed E-state index contributed by atoms with van der Waals surface area (Å²) < 4.78 is 11.1. The highest BCUT2D eigenvalue weighted by atomic mass is 32.1. The number of hydrogen-bond donors (Lipinski definition) is 0. The fourth-order valence-corrected chi connectivity index (χ4v) is 2.62. The maximum Gasteiger partial charge on any atom is 0.180 e. The van der Waals surface area contributed by atoms with Crippen LogP contribution < -0.4 is 9.47 Å². The molecule has 0 radical (unpaired) electrons. The maximum absolute atomic E-state index is 10.7. The first kappa shape index (κ1) is 10.3. The maximum atomic E-state index is 10.7. The van der Waals surface area contributed by atoms with Crippen molar-refractivity contribution in [2.45, 2.75) is 0 Å². The van der Waals surface area contributed by atoms with E-state index in [-0.39, 0.29) is 0 Å². The zero-order valence-corrected chi connectivity index (χ0v) is 9.70. The Bertz CT molecular complexity index is 565. The van der Waals surface area contributed by atoms with Gasteiger partial charge in [-0.25, -0.2) is 0 Å². The first-order valence-corrected chi connectivity index (χ1v) is 6.04. The molecule has 0 unspecified atom stereocenters. The number of carbonyl (C=O) groups is 1. The first-order valence-electron chi connectivity index (χ1n) is 5.16. The fourth-order valence-electron chi connectivity index (χ4n) is 1.71. The molecule has 0 spiro atoms. The van der Waals surface area contributed by atoms with Crippen molar-refractivity contribution in [2.75, 3.05) is 13.2 Å². The number of aromatic nitrogens is 1. The predicted octanol–water partition coefficient (Wildman–Crippen LogP) is 2.39. The molecule has 86 valence electrons. The second-order valence-corrected chi connectivity index (χ2v) is 4.46. The van der Waals surface area contributed by atoms with Crippen LogP contribution in [0.4, 0.5) is 0 Å². The van der Waals surface area contributed by atoms with Gasteiger partial charge in [-0.1, -0.05) is 0 Å². The van der Waals surface area contributed by atoms with Crippen LogP contribution in [0.5, 0.6) is 11.5 Å². The van der Waals surface area contributed by atoms with Gasteiger partial charge in [-0.3, -0.25) is 9.78 Å². The number of nitrogens with zero attached hydrogens (tertiary/aromatic N) is 1. The molecule has 4 nitrogen and oxygen atoms in total. The van der Waals surface area contributed by atoms with Gasteiger partial charge >= 0.3 is 0 Å². The van der Waals surface area contributed by atoms with Crippen molar-refractivity contribution in [1.82, 2.24) is 4.98 Å². The molecule has 0 bridgehead atoms. The Balaban J connectivity index is 2.08. The second kappa shape index (κ2) is 4.18. The average Bonchev–Trinajstić information content (AvgIpc) is 2.82. The standard InChI is InChI=1S/C12H9NO3S/c14-6-8-3-9(5-13-4-8)12-11-10(7-17-12)15-1-2-16-11/h3-7H,1-2H2. The van der Waals surface area contributed by atoms with Crippen molar-refractivity contribution in [2.24, 2.45) is 0 Å². The van der Waals surface area contributed by atoms with Crippen LogP contribution in [0.2, 0.25) is 0 Å². The SMILES string of the molecule is O=Cc1cncc(-c2scc3c2OCCO3)c1. The van der Waals surface area contributed by atoms with Crippen molar-refractivity contribution >= 4 is 17.6 Å². The molecule has 2 aromatic heterocycles. The van der Waals surface area contributed by atoms with E-state index in [1.54, 1.807) is 12.3 Å². The van der Waals surface area contributed by atoms with Crippen LogP contribution in [0.15, 0.2) is 23.8 Å². The minimum absolute atomic E-state index is 0.553. The summed E-state index contributed by atoms with van der Waals surface area (Å²) in [5, 5.41) is 1.91. The van der Waals surface area contributed by atoms with Crippen LogP contribution in [-0.4, -0.2) is 24.5 Å². The van der Waals surface area contributed by atoms with Gasteiger partial charge in [-0.15, -0.1) is 11.3 Å². The highest BCUT2D eigenvalue weighted by Gasteiger charge is 2.19. The molecule has 0 amide bonds. The summed E-state index contributed by atoms with van der Waals surface area (Å²) in [6.07, 6.45) is 4.04. The van der Waals surface area contributed by atoms with E-state index in [1.807, 2.05) is 5.38 Å². The Kier molecular flexibility index (Phi) is 2.53. The Morgan fingerprint density at radius 1 is 1.29 bits per heavy atom. The highest BCUT2D eigenvalue weighted by Crippen LogP contribution is 2.45. The lowest BCUT2D eigenvalue weighted by molar-refractivity contribution is 0.112. The molecule has 0 fully saturated rings. The smallest absolute Gasteiger partial charge is 0.180 e. The second-order valence-electron chi connectivity index (χ2n) is 3.58. The van der Waals surface area contributed by atoms with E-state index in [2.05, 4.69) is 4.98 Å². The third-order valence-corrected chi connectivity index (χ3v) is 3.45. The van der Waals surface area contributed by atoms with Crippen LogP contribution in [0.1, 0.15) is 10.4 Å². The molecule has 0 aliphatic carbocycles. The largest absolute Gasteiger partial charge is 0.485 e. The summed E-state index contributed by atoms with van der Waals surface area (Å²) in [6, 6.07) is 1.80. The third kappa shape index (κ3) is 1.78. The molecule has 0 atom stereocenters. The number of hydrogen-bond acceptors (Lipinski definition) is 5. The van der Waals surface area contributed by atoms with Gasteiger partial charge in [-0.05, 0) is 6.07 Å². The molecule has 0 saturated heterocycles. The summed E-state index contributed by atoms with van der Waals surface area (Å²) in [5.74, 6) is 1.53. The van der Waals surface area contributed by atoms with Crippen LogP contribution in [-0.2, 0) is 0 Å². The van der Waals surface area contributed by atoms with E-state index >= 15 is 0 Å². The van der Waals surface area contributed by atoms with E-state index in [0.29, 0.717) is 18.8 Å². The van der Waals surface area contributed by atoms with Crippen LogP contribution in [0.3, 0.4) is 0 Å². The summed E-state index contributed by atoms with van der Waals surface area (Å²) in [6.45, 7) is 1.13. The lowest BCUT2D eigenvalue weighted by Gasteiger charge is -2.16. The number of aldehydes is 1. The van der Waals surface area contributed by atoms with Crippen molar-refractivity contribution in [1.29, 1.82) is 0 Å². The highest BCUT2D eigenvalue weighted by molar-refractivity contribution is 7.14. The van der Waals surface area contributed by atoms with E-state index in [0.717, 1.165) is 28.2 Å². The van der Waals surface area contributed by atoms with Crippen molar-refractivity contribution in [3.8, 4) is 21.9 Å². The molecule has 5 heteroatoms. The molecule has 1 aliphatic rings. The summed E-state index contributed by atoms with van der Waals surface area (Å²) in [7, 11) is 0. The zero-order chi connectivity index (χ0) is 11.7. The first-order chi connectivity index (χ1) is 8.38. The van der Waals surface area contributed by atoms with Crippen molar-refractivity contribution in [3.05, 3.63) is 29.4 Å². The lowest BCUT2D eigenvalue weighted by Crippen LogP contribution is -2.14. The Hall–Kier alpha value is -1.88. The molecule has 0 N–H and O–H groups in total. The van der Waals surface area contributed by atoms with Crippen LogP contribution in [0.25, 0.3) is 10.4 Å². The Morgan fingerprint density at radius 2 is 2.18 bits per heavy atom. The lowest BCUT2D eigenvalue weighted by atomic mass is 10.2. The van der Waals surface area contributed by atoms with Crippen molar-refractivity contribution in [3.63, 3.8) is 0 Å². The molecule has 2 aromatic rings. The van der Waals surface area contributed by atoms with Gasteiger partial charge in [0.2, 0.25) is 0 Å². The third-order valence-electron chi connectivity index (χ3n) is 2.46. The number of rotatable bonds is 2. The molecule has 3 rings (SSSR count). The van der Waals surface area contributed by atoms with Crippen LogP contribution in [0, 0.1) is 0 Å². The molecule has 0 saturated carbocycles. The van der Waals surface area contributed by atoms with E-state index in [1.165, 1.54) is 17.5 Å². The molecule has 1 aliphatic heterocycles. The average molecular weight is 247 g/mol. The molecular weight excluding hydrogens is 238 g/mol. The van der Waals surface area contributed by atoms with E-state index in [4.69, 9.17) is 9.47 Å². The Morgan fingerprint density at radius 3 is 3.06 bits per heavy atom. The van der Waals surface area contributed by atoms with Crippen molar-refractivity contribution < 1.29 is 14.3 Å². The number of thiophene rings is 1. The molecule has 3 heterocycles. The minimum atomic E-state index is 0.553. The van der Waals surface area contributed by atoms with Gasteiger partial charge in [0.15, 0.2) is 17.8 Å². The predicted molar refractivity (Wildman–Crippen MR) is 63.9 cm³/mol. The number of ether oxygens (including phenoxy) is 2. The Labute approximate surface area is 102 Å². The summed E-state index contributed by atoms with van der Waals surface area (Å²) >= 11 is 1.53. The van der Waals surface area contributed by atoms with E-state index < -0.39 is 0 Å². The minimum Gasteiger partial charge on any atom is -0.485 e. The van der Waals surface area contributed by atoms with Gasteiger partial charge < -0.3 is 9.47 Å². The van der Waals surface area contributed by atoms with Gasteiger partial charge in [0.05, 0.1) is 4.88 Å². The van der Waals surface area contributed by atoms with Gasteiger partial charge in [0, 0.05) is 28.9 Å². The van der Waals surface area contributed by atoms with E-state index in [9.17, 15) is 4.79 Å². The molecule has 17 heavy (non-hydrogen) atoms. The quantitative estimate of drug-likeness (QED) is 0.764. The molecule has 0 aromatic carbocycles. The van der Waals surface area contributed by atoms with Crippen LogP contribution >= 0.6 is 11.3 Å². The summed E-state index contributed by atoms with van der Waals surface area (Å²) in [5.41, 5.74) is 1.44. The number of pyridine rings is 1. The number of fused-ring (bicyclic) bond motifs is 1. The van der Waals surface area contributed by atoms with Gasteiger partial charge in [0.25, 0.3) is 0 Å². The fraction of sp³-hybridized carbons (Fsp3) is 0.167. The topological polar surface area (TPSA) is 48.4 Å². The molecular formula is C12H9NO3S. The number of carbonyl (C=O) groups excluding carboxylic acids is 1. The monoisotopic (exact) mass is 247 g/mol.